The Morgan fingerprint density at radius 1 is 1.45 bits per heavy atom. The lowest BCUT2D eigenvalue weighted by Gasteiger charge is -2.05. The molecule has 1 aromatic rings. The summed E-state index contributed by atoms with van der Waals surface area (Å²) in [6, 6.07) is 3.62. The first-order chi connectivity index (χ1) is 5.36. The van der Waals surface area contributed by atoms with Crippen molar-refractivity contribution in [2.24, 2.45) is 0 Å². The third-order valence-electron chi connectivity index (χ3n) is 2.11. The second-order valence-corrected chi connectivity index (χ2v) is 2.91. The van der Waals surface area contributed by atoms with Crippen LogP contribution >= 0.6 is 0 Å². The van der Waals surface area contributed by atoms with Crippen molar-refractivity contribution in [3.05, 3.63) is 23.8 Å². The van der Waals surface area contributed by atoms with E-state index in [1.54, 1.807) is 6.07 Å². The van der Waals surface area contributed by atoms with E-state index in [-0.39, 0.29) is 5.95 Å². The summed E-state index contributed by atoms with van der Waals surface area (Å²) in [6.45, 7) is 1.05. The van der Waals surface area contributed by atoms with Gasteiger partial charge in [-0.25, -0.2) is 0 Å². The standard InChI is InChI=1S/C8H11FN2/c9-8-4-3-7(11-8)6-2-1-5-10-6/h3-4,6,10-11H,1-2,5H2/t6-/m1/s1. The molecule has 11 heavy (non-hydrogen) atoms. The summed E-state index contributed by atoms with van der Waals surface area (Å²) in [6.07, 6.45) is 2.30. The molecule has 2 rings (SSSR count). The maximum absolute atomic E-state index is 12.5. The van der Waals surface area contributed by atoms with Crippen molar-refractivity contribution < 1.29 is 4.39 Å². The van der Waals surface area contributed by atoms with Crippen LogP contribution in [0, 0.1) is 5.95 Å². The van der Waals surface area contributed by atoms with Crippen LogP contribution in [0.25, 0.3) is 0 Å². The minimum atomic E-state index is -0.242. The molecule has 0 aliphatic carbocycles. The van der Waals surface area contributed by atoms with Gasteiger partial charge in [0, 0.05) is 11.7 Å². The quantitative estimate of drug-likeness (QED) is 0.631. The Bertz CT molecular complexity index is 238. The van der Waals surface area contributed by atoms with E-state index in [2.05, 4.69) is 10.3 Å². The van der Waals surface area contributed by atoms with Gasteiger partial charge in [0.2, 0.25) is 0 Å². The number of aromatic amines is 1. The summed E-state index contributed by atoms with van der Waals surface area (Å²) < 4.78 is 12.5. The smallest absolute Gasteiger partial charge is 0.191 e. The molecule has 0 spiro atoms. The van der Waals surface area contributed by atoms with Crippen molar-refractivity contribution >= 4 is 0 Å². The fraction of sp³-hybridized carbons (Fsp3) is 0.500. The van der Waals surface area contributed by atoms with Crippen molar-refractivity contribution in [3.8, 4) is 0 Å². The van der Waals surface area contributed by atoms with Gasteiger partial charge in [-0.15, -0.1) is 0 Å². The van der Waals surface area contributed by atoms with E-state index < -0.39 is 0 Å². The minimum Gasteiger partial charge on any atom is -0.334 e. The zero-order valence-corrected chi connectivity index (χ0v) is 6.23. The molecule has 0 unspecified atom stereocenters. The Balaban J connectivity index is 2.15. The van der Waals surface area contributed by atoms with Gasteiger partial charge in [-0.2, -0.15) is 4.39 Å². The zero-order chi connectivity index (χ0) is 7.68. The van der Waals surface area contributed by atoms with E-state index in [0.29, 0.717) is 6.04 Å². The van der Waals surface area contributed by atoms with E-state index >= 15 is 0 Å². The van der Waals surface area contributed by atoms with Gasteiger partial charge in [-0.05, 0) is 31.5 Å². The summed E-state index contributed by atoms with van der Waals surface area (Å²) in [5.74, 6) is -0.242. The average molecular weight is 154 g/mol. The van der Waals surface area contributed by atoms with Crippen molar-refractivity contribution in [1.82, 2.24) is 10.3 Å². The average Bonchev–Trinajstić information content (AvgIpc) is 2.55. The first kappa shape index (κ1) is 6.85. The number of aromatic nitrogens is 1. The summed E-state index contributed by atoms with van der Waals surface area (Å²) in [5.41, 5.74) is 0.972. The van der Waals surface area contributed by atoms with Gasteiger partial charge in [0.25, 0.3) is 0 Å². The Labute approximate surface area is 64.8 Å². The van der Waals surface area contributed by atoms with E-state index in [1.807, 2.05) is 0 Å². The van der Waals surface area contributed by atoms with Crippen LogP contribution in [0.5, 0.6) is 0 Å². The maximum atomic E-state index is 12.5. The van der Waals surface area contributed by atoms with Gasteiger partial charge in [0.15, 0.2) is 5.95 Å². The molecule has 1 aliphatic rings. The second-order valence-electron chi connectivity index (χ2n) is 2.91. The van der Waals surface area contributed by atoms with Gasteiger partial charge in [-0.1, -0.05) is 0 Å². The topological polar surface area (TPSA) is 27.8 Å². The number of H-pyrrole nitrogens is 1. The highest BCUT2D eigenvalue weighted by Crippen LogP contribution is 2.21. The van der Waals surface area contributed by atoms with Crippen molar-refractivity contribution in [2.45, 2.75) is 18.9 Å². The molecular weight excluding hydrogens is 143 g/mol. The molecule has 1 saturated heterocycles. The molecule has 1 atom stereocenters. The van der Waals surface area contributed by atoms with Crippen LogP contribution in [0.1, 0.15) is 24.6 Å². The number of hydrogen-bond donors (Lipinski definition) is 2. The lowest BCUT2D eigenvalue weighted by Crippen LogP contribution is -2.12. The van der Waals surface area contributed by atoms with Crippen LogP contribution in [0.15, 0.2) is 12.1 Å². The zero-order valence-electron chi connectivity index (χ0n) is 6.23. The van der Waals surface area contributed by atoms with Gasteiger partial charge < -0.3 is 10.3 Å². The molecule has 60 valence electrons. The fourth-order valence-corrected chi connectivity index (χ4v) is 1.54. The molecule has 1 aliphatic heterocycles. The molecule has 0 radical (unpaired) electrons. The fourth-order valence-electron chi connectivity index (χ4n) is 1.54. The van der Waals surface area contributed by atoms with Crippen molar-refractivity contribution in [3.63, 3.8) is 0 Å². The first-order valence-corrected chi connectivity index (χ1v) is 3.94. The van der Waals surface area contributed by atoms with E-state index in [9.17, 15) is 4.39 Å². The molecular formula is C8H11FN2. The first-order valence-electron chi connectivity index (χ1n) is 3.94. The monoisotopic (exact) mass is 154 g/mol. The summed E-state index contributed by atoms with van der Waals surface area (Å²) in [7, 11) is 0. The third kappa shape index (κ3) is 1.28. The van der Waals surface area contributed by atoms with Crippen molar-refractivity contribution in [2.75, 3.05) is 6.54 Å². The van der Waals surface area contributed by atoms with E-state index in [0.717, 1.165) is 18.7 Å². The van der Waals surface area contributed by atoms with E-state index in [1.165, 1.54) is 12.5 Å². The predicted molar refractivity (Wildman–Crippen MR) is 40.7 cm³/mol. The summed E-state index contributed by atoms with van der Waals surface area (Å²) in [4.78, 5) is 2.69. The highest BCUT2D eigenvalue weighted by Gasteiger charge is 2.16. The highest BCUT2D eigenvalue weighted by molar-refractivity contribution is 5.11. The van der Waals surface area contributed by atoms with Gasteiger partial charge in [-0.3, -0.25) is 0 Å². The molecule has 2 N–H and O–H groups in total. The number of rotatable bonds is 1. The van der Waals surface area contributed by atoms with Gasteiger partial charge >= 0.3 is 0 Å². The van der Waals surface area contributed by atoms with Gasteiger partial charge in [0.1, 0.15) is 0 Å². The molecule has 1 aromatic heterocycles. The predicted octanol–water partition coefficient (Wildman–Crippen LogP) is 1.58. The number of nitrogens with one attached hydrogen (secondary N) is 2. The Morgan fingerprint density at radius 2 is 2.36 bits per heavy atom. The Kier molecular flexibility index (Phi) is 1.66. The third-order valence-corrected chi connectivity index (χ3v) is 2.11. The Hall–Kier alpha value is -0.830. The molecule has 2 nitrogen and oxygen atoms in total. The van der Waals surface area contributed by atoms with Crippen molar-refractivity contribution in [1.29, 1.82) is 0 Å². The number of halogens is 1. The van der Waals surface area contributed by atoms with Crippen LogP contribution in [-0.2, 0) is 0 Å². The molecule has 3 heteroatoms. The SMILES string of the molecule is Fc1ccc([C@H]2CCCN2)[nH]1. The molecule has 0 bridgehead atoms. The van der Waals surface area contributed by atoms with Crippen LogP contribution in [-0.4, -0.2) is 11.5 Å². The summed E-state index contributed by atoms with van der Waals surface area (Å²) in [5, 5.41) is 3.29. The van der Waals surface area contributed by atoms with E-state index in [4.69, 9.17) is 0 Å². The normalized spacial score (nSPS) is 24.3. The number of hydrogen-bond acceptors (Lipinski definition) is 1. The minimum absolute atomic E-state index is 0.242. The molecule has 0 aromatic carbocycles. The lowest BCUT2D eigenvalue weighted by atomic mass is 10.2. The van der Waals surface area contributed by atoms with Crippen LogP contribution in [0.3, 0.4) is 0 Å². The molecule has 0 saturated carbocycles. The maximum Gasteiger partial charge on any atom is 0.191 e. The van der Waals surface area contributed by atoms with Crippen LogP contribution < -0.4 is 5.32 Å². The summed E-state index contributed by atoms with van der Waals surface area (Å²) >= 11 is 0. The highest BCUT2D eigenvalue weighted by atomic mass is 19.1. The van der Waals surface area contributed by atoms with Crippen LogP contribution in [0.2, 0.25) is 0 Å². The molecule has 1 fully saturated rings. The van der Waals surface area contributed by atoms with Gasteiger partial charge in [0.05, 0.1) is 0 Å². The second kappa shape index (κ2) is 2.66. The largest absolute Gasteiger partial charge is 0.334 e. The molecule has 0 amide bonds. The molecule has 2 heterocycles. The van der Waals surface area contributed by atoms with Crippen LogP contribution in [0.4, 0.5) is 4.39 Å². The lowest BCUT2D eigenvalue weighted by molar-refractivity contribution is 0.568. The Morgan fingerprint density at radius 3 is 2.91 bits per heavy atom.